The highest BCUT2D eigenvalue weighted by atomic mass is 19.1. The van der Waals surface area contributed by atoms with Crippen molar-refractivity contribution in [1.29, 1.82) is 5.26 Å². The predicted molar refractivity (Wildman–Crippen MR) is 111 cm³/mol. The molecule has 6 nitrogen and oxygen atoms in total. The van der Waals surface area contributed by atoms with E-state index >= 15 is 0 Å². The van der Waals surface area contributed by atoms with Crippen molar-refractivity contribution in [2.45, 2.75) is 44.7 Å². The van der Waals surface area contributed by atoms with E-state index in [1.807, 2.05) is 41.9 Å². The van der Waals surface area contributed by atoms with E-state index in [-0.39, 0.29) is 18.0 Å². The van der Waals surface area contributed by atoms with E-state index in [1.54, 1.807) is 18.3 Å². The van der Waals surface area contributed by atoms with Gasteiger partial charge in [-0.3, -0.25) is 4.79 Å². The van der Waals surface area contributed by atoms with Crippen LogP contribution in [0, 0.1) is 17.1 Å². The molecule has 1 aliphatic rings. The van der Waals surface area contributed by atoms with Gasteiger partial charge in [-0.1, -0.05) is 42.5 Å². The Kier molecular flexibility index (Phi) is 5.57. The molecule has 2 aromatic carbocycles. The molecule has 30 heavy (non-hydrogen) atoms. The molecule has 2 atom stereocenters. The van der Waals surface area contributed by atoms with Crippen molar-refractivity contribution in [1.82, 2.24) is 20.3 Å². The van der Waals surface area contributed by atoms with Crippen LogP contribution in [0.4, 0.5) is 4.39 Å². The van der Waals surface area contributed by atoms with Gasteiger partial charge < -0.3 is 5.32 Å². The van der Waals surface area contributed by atoms with Gasteiger partial charge in [0.2, 0.25) is 5.91 Å². The lowest BCUT2D eigenvalue weighted by Crippen LogP contribution is -2.32. The predicted octanol–water partition coefficient (Wildman–Crippen LogP) is 4.24. The summed E-state index contributed by atoms with van der Waals surface area (Å²) in [4.78, 5) is 11.7. The number of hydrogen-bond donors (Lipinski definition) is 1. The molecule has 0 unspecified atom stereocenters. The highest BCUT2D eigenvalue weighted by Crippen LogP contribution is 2.34. The maximum absolute atomic E-state index is 14.3. The van der Waals surface area contributed by atoms with Crippen molar-refractivity contribution in [3.05, 3.63) is 60.0 Å². The third kappa shape index (κ3) is 3.94. The monoisotopic (exact) mass is 403 g/mol. The summed E-state index contributed by atoms with van der Waals surface area (Å²) in [6.07, 6.45) is 4.90. The molecule has 7 heteroatoms. The minimum absolute atomic E-state index is 0.0742. The Hall–Kier alpha value is -3.53. The van der Waals surface area contributed by atoms with Crippen LogP contribution in [0.15, 0.2) is 48.7 Å². The quantitative estimate of drug-likeness (QED) is 0.691. The molecule has 1 aliphatic carbocycles. The Labute approximate surface area is 174 Å². The van der Waals surface area contributed by atoms with Crippen LogP contribution < -0.4 is 5.32 Å². The van der Waals surface area contributed by atoms with Gasteiger partial charge in [-0.2, -0.15) is 5.26 Å². The average molecular weight is 403 g/mol. The fourth-order valence-electron chi connectivity index (χ4n) is 4.00. The molecule has 4 rings (SSSR count). The highest BCUT2D eigenvalue weighted by molar-refractivity contribution is 5.75. The van der Waals surface area contributed by atoms with Gasteiger partial charge >= 0.3 is 0 Å². The molecular formula is C23H22FN5O. The van der Waals surface area contributed by atoms with E-state index < -0.39 is 5.82 Å². The summed E-state index contributed by atoms with van der Waals surface area (Å²) < 4.78 is 16.2. The first-order valence-corrected chi connectivity index (χ1v) is 10.1. The summed E-state index contributed by atoms with van der Waals surface area (Å²) in [5, 5.41) is 20.3. The minimum atomic E-state index is -0.417. The second-order valence-corrected chi connectivity index (χ2v) is 7.53. The van der Waals surface area contributed by atoms with Gasteiger partial charge in [0.15, 0.2) is 0 Å². The number of benzene rings is 2. The molecule has 1 fully saturated rings. The normalized spacial score (nSPS) is 18.2. The van der Waals surface area contributed by atoms with Crippen molar-refractivity contribution >= 4 is 5.91 Å². The third-order valence-corrected chi connectivity index (χ3v) is 5.60. The van der Waals surface area contributed by atoms with E-state index in [0.717, 1.165) is 36.1 Å². The molecule has 1 saturated carbocycles. The molecule has 152 valence electrons. The fourth-order valence-corrected chi connectivity index (χ4v) is 4.00. The van der Waals surface area contributed by atoms with Crippen molar-refractivity contribution in [2.75, 3.05) is 0 Å². The number of hydrogen-bond acceptors (Lipinski definition) is 4. The number of aromatic nitrogens is 3. The number of nitrogens with one attached hydrogen (secondary N) is 1. The summed E-state index contributed by atoms with van der Waals surface area (Å²) in [7, 11) is 0. The Morgan fingerprint density at radius 3 is 2.70 bits per heavy atom. The second kappa shape index (κ2) is 8.46. The van der Waals surface area contributed by atoms with Crippen LogP contribution in [0.25, 0.3) is 22.4 Å². The van der Waals surface area contributed by atoms with Gasteiger partial charge in [-0.25, -0.2) is 9.07 Å². The zero-order valence-corrected chi connectivity index (χ0v) is 16.7. The Morgan fingerprint density at radius 1 is 1.23 bits per heavy atom. The smallest absolute Gasteiger partial charge is 0.219 e. The maximum atomic E-state index is 14.3. The number of amides is 1. The molecule has 0 aliphatic heterocycles. The summed E-state index contributed by atoms with van der Waals surface area (Å²) >= 11 is 0. The fraction of sp³-hybridized carbons (Fsp3) is 0.304. The lowest BCUT2D eigenvalue weighted by Gasteiger charge is -2.15. The standard InChI is InChI=1S/C23H22FN5O/c1-2-23(30)27-18-8-9-19(12-18)29-22(14-26-28-29)17-6-4-16(5-7-17)20-10-3-15(13-25)11-21(20)24/h3-7,10-11,14,18-19H,2,8-9,12H2,1H3,(H,27,30)/t18-,19+/m0/s1. The molecule has 0 spiro atoms. The highest BCUT2D eigenvalue weighted by Gasteiger charge is 2.29. The Bertz CT molecular complexity index is 1100. The molecule has 1 heterocycles. The molecular weight excluding hydrogens is 381 g/mol. The number of nitrogens with zero attached hydrogens (tertiary/aromatic N) is 4. The van der Waals surface area contributed by atoms with E-state index in [4.69, 9.17) is 5.26 Å². The first kappa shape index (κ1) is 19.8. The first-order chi connectivity index (χ1) is 14.6. The van der Waals surface area contributed by atoms with Crippen LogP contribution in [0.3, 0.4) is 0 Å². The third-order valence-electron chi connectivity index (χ3n) is 5.60. The van der Waals surface area contributed by atoms with E-state index in [1.165, 1.54) is 6.07 Å². The zero-order chi connectivity index (χ0) is 21.1. The van der Waals surface area contributed by atoms with Crippen molar-refractivity contribution in [3.63, 3.8) is 0 Å². The van der Waals surface area contributed by atoms with Crippen molar-refractivity contribution < 1.29 is 9.18 Å². The number of carbonyl (C=O) groups is 1. The van der Waals surface area contributed by atoms with Gasteiger partial charge in [-0.15, -0.1) is 5.10 Å². The second-order valence-electron chi connectivity index (χ2n) is 7.53. The van der Waals surface area contributed by atoms with E-state index in [9.17, 15) is 9.18 Å². The number of halogens is 1. The lowest BCUT2D eigenvalue weighted by molar-refractivity contribution is -0.121. The molecule has 1 aromatic heterocycles. The molecule has 0 radical (unpaired) electrons. The largest absolute Gasteiger partial charge is 0.353 e. The van der Waals surface area contributed by atoms with E-state index in [2.05, 4.69) is 15.6 Å². The van der Waals surface area contributed by atoms with Gasteiger partial charge in [0.25, 0.3) is 0 Å². The van der Waals surface area contributed by atoms with Crippen molar-refractivity contribution in [3.8, 4) is 28.5 Å². The Balaban J connectivity index is 1.53. The number of rotatable bonds is 5. The average Bonchev–Trinajstić information content (AvgIpc) is 3.43. The summed E-state index contributed by atoms with van der Waals surface area (Å²) in [5.74, 6) is -0.343. The van der Waals surface area contributed by atoms with Gasteiger partial charge in [0.05, 0.1) is 29.6 Å². The molecule has 0 bridgehead atoms. The topological polar surface area (TPSA) is 83.6 Å². The molecule has 1 amide bonds. The van der Waals surface area contributed by atoms with Gasteiger partial charge in [0, 0.05) is 23.6 Å². The summed E-state index contributed by atoms with van der Waals surface area (Å²) in [5.41, 5.74) is 3.33. The van der Waals surface area contributed by atoms with Crippen LogP contribution in [0.2, 0.25) is 0 Å². The van der Waals surface area contributed by atoms with E-state index in [0.29, 0.717) is 17.5 Å². The van der Waals surface area contributed by atoms with Crippen LogP contribution in [-0.2, 0) is 4.79 Å². The lowest BCUT2D eigenvalue weighted by atomic mass is 10.0. The Morgan fingerprint density at radius 2 is 2.00 bits per heavy atom. The summed E-state index contributed by atoms with van der Waals surface area (Å²) in [6, 6.07) is 14.3. The van der Waals surface area contributed by atoms with Crippen LogP contribution in [0.5, 0.6) is 0 Å². The van der Waals surface area contributed by atoms with Gasteiger partial charge in [-0.05, 0) is 37.0 Å². The zero-order valence-electron chi connectivity index (χ0n) is 16.7. The molecule has 3 aromatic rings. The van der Waals surface area contributed by atoms with Crippen LogP contribution in [-0.4, -0.2) is 26.9 Å². The van der Waals surface area contributed by atoms with Crippen LogP contribution >= 0.6 is 0 Å². The van der Waals surface area contributed by atoms with Crippen LogP contribution in [0.1, 0.15) is 44.2 Å². The SMILES string of the molecule is CCC(=O)N[C@H]1CC[C@@H](n2nncc2-c2ccc(-c3ccc(C#N)cc3F)cc2)C1. The minimum Gasteiger partial charge on any atom is -0.353 e. The number of nitriles is 1. The number of carbonyl (C=O) groups excluding carboxylic acids is 1. The molecule has 0 saturated heterocycles. The maximum Gasteiger partial charge on any atom is 0.219 e. The first-order valence-electron chi connectivity index (χ1n) is 10.1. The summed E-state index contributed by atoms with van der Waals surface area (Å²) in [6.45, 7) is 1.85. The molecule has 1 N–H and O–H groups in total. The van der Waals surface area contributed by atoms with Crippen molar-refractivity contribution in [2.24, 2.45) is 0 Å². The van der Waals surface area contributed by atoms with Gasteiger partial charge in [0.1, 0.15) is 5.82 Å².